The molecule has 3 aliphatic heterocycles. The molecule has 2 saturated heterocycles. The van der Waals surface area contributed by atoms with Gasteiger partial charge in [-0.3, -0.25) is 0 Å². The predicted octanol–water partition coefficient (Wildman–Crippen LogP) is 3.59. The summed E-state index contributed by atoms with van der Waals surface area (Å²) in [4.78, 5) is 12.8. The Morgan fingerprint density at radius 3 is 2.88 bits per heavy atom. The fourth-order valence-corrected chi connectivity index (χ4v) is 7.25. The zero-order valence-corrected chi connectivity index (χ0v) is 16.1. The molecule has 0 radical (unpaired) electrons. The third kappa shape index (κ3) is 1.72. The molecule has 0 aromatic heterocycles. The van der Waals surface area contributed by atoms with Crippen LogP contribution in [0, 0.1) is 5.41 Å². The third-order valence-corrected chi connectivity index (χ3v) is 8.11. The number of hydrogen-bond acceptors (Lipinski definition) is 3. The number of para-hydroxylation sites is 1. The van der Waals surface area contributed by atoms with Crippen LogP contribution in [0.3, 0.4) is 0 Å². The van der Waals surface area contributed by atoms with Gasteiger partial charge in [0.15, 0.2) is 0 Å². The Labute approximate surface area is 155 Å². The van der Waals surface area contributed by atoms with Crippen molar-refractivity contribution in [3.63, 3.8) is 0 Å². The van der Waals surface area contributed by atoms with Crippen LogP contribution >= 0.6 is 0 Å². The first kappa shape index (κ1) is 16.4. The number of anilines is 1. The van der Waals surface area contributed by atoms with Gasteiger partial charge >= 0.3 is 5.97 Å². The van der Waals surface area contributed by atoms with Gasteiger partial charge in [0.05, 0.1) is 38.2 Å². The van der Waals surface area contributed by atoms with Crippen molar-refractivity contribution in [2.75, 3.05) is 32.6 Å². The number of likely N-dealkylation sites (N-methyl/N-ethyl adjacent to an activating group) is 1. The number of ether oxygens (including phenoxy) is 1. The van der Waals surface area contributed by atoms with E-state index in [1.54, 1.807) is 0 Å². The number of nitrogens with one attached hydrogen (secondary N) is 1. The summed E-state index contributed by atoms with van der Waals surface area (Å²) < 4.78 is 6.41. The van der Waals surface area contributed by atoms with E-state index in [-0.39, 0.29) is 16.8 Å². The molecule has 4 heteroatoms. The summed E-state index contributed by atoms with van der Waals surface area (Å²) in [6.07, 6.45) is 5.58. The van der Waals surface area contributed by atoms with E-state index in [0.29, 0.717) is 6.04 Å². The SMILES string of the molecule is CC[C@]12CCC[N@+]3(C)CC[C@]4(C(=C(C(=O)OC)C1)Nc1ccccc14)[C@H]23. The Hall–Kier alpha value is -1.81. The molecule has 1 aliphatic carbocycles. The lowest BCUT2D eigenvalue weighted by molar-refractivity contribution is -0.936. The van der Waals surface area contributed by atoms with E-state index in [2.05, 4.69) is 43.6 Å². The molecule has 4 atom stereocenters. The summed E-state index contributed by atoms with van der Waals surface area (Å²) in [5.41, 5.74) is 4.79. The molecule has 0 amide bonds. The standard InChI is InChI=1S/C22H28N2O2/c1-4-21-10-7-12-24(2)13-11-22(20(21)24)16-8-5-6-9-17(16)23-18(22)15(14-21)19(25)26-3/h5-6,8-9,20H,4,7,10-14H2,1-3H3/p+1/t20-,21-,22-,24+/m0/s1. The molecular formula is C22H29N2O2+. The first-order valence-electron chi connectivity index (χ1n) is 10.0. The molecule has 1 N–H and O–H groups in total. The quantitative estimate of drug-likeness (QED) is 0.652. The Kier molecular flexibility index (Phi) is 3.23. The minimum atomic E-state index is -0.141. The summed E-state index contributed by atoms with van der Waals surface area (Å²) in [7, 11) is 3.98. The molecule has 26 heavy (non-hydrogen) atoms. The lowest BCUT2D eigenvalue weighted by Gasteiger charge is -2.57. The number of benzene rings is 1. The van der Waals surface area contributed by atoms with E-state index in [9.17, 15) is 4.79 Å². The largest absolute Gasteiger partial charge is 0.466 e. The van der Waals surface area contributed by atoms with Crippen LogP contribution in [0.1, 0.15) is 44.6 Å². The fourth-order valence-electron chi connectivity index (χ4n) is 7.25. The molecule has 2 fully saturated rings. The van der Waals surface area contributed by atoms with E-state index in [1.165, 1.54) is 44.3 Å². The zero-order chi connectivity index (χ0) is 18.2. The fraction of sp³-hybridized carbons (Fsp3) is 0.591. The van der Waals surface area contributed by atoms with Crippen LogP contribution in [0.15, 0.2) is 35.5 Å². The van der Waals surface area contributed by atoms with Crippen molar-refractivity contribution in [2.45, 2.75) is 50.5 Å². The van der Waals surface area contributed by atoms with Gasteiger partial charge in [-0.05, 0) is 37.3 Å². The minimum Gasteiger partial charge on any atom is -0.466 e. The van der Waals surface area contributed by atoms with Gasteiger partial charge in [-0.1, -0.05) is 25.1 Å². The third-order valence-electron chi connectivity index (χ3n) is 8.11. The molecule has 3 heterocycles. The van der Waals surface area contributed by atoms with Crippen LogP contribution in [-0.4, -0.2) is 43.7 Å². The molecule has 1 aromatic rings. The lowest BCUT2D eigenvalue weighted by Crippen LogP contribution is -2.66. The highest BCUT2D eigenvalue weighted by Gasteiger charge is 2.71. The lowest BCUT2D eigenvalue weighted by atomic mass is 9.53. The van der Waals surface area contributed by atoms with E-state index in [4.69, 9.17) is 4.74 Å². The van der Waals surface area contributed by atoms with Crippen LogP contribution in [-0.2, 0) is 14.9 Å². The Morgan fingerprint density at radius 2 is 2.12 bits per heavy atom. The van der Waals surface area contributed by atoms with Crippen molar-refractivity contribution in [1.82, 2.24) is 0 Å². The van der Waals surface area contributed by atoms with Crippen molar-refractivity contribution in [2.24, 2.45) is 5.41 Å². The van der Waals surface area contributed by atoms with Crippen LogP contribution in [0.25, 0.3) is 0 Å². The molecule has 0 bridgehead atoms. The van der Waals surface area contributed by atoms with Crippen LogP contribution in [0.5, 0.6) is 0 Å². The molecule has 0 unspecified atom stereocenters. The highest BCUT2D eigenvalue weighted by Crippen LogP contribution is 2.66. The van der Waals surface area contributed by atoms with Crippen molar-refractivity contribution in [1.29, 1.82) is 0 Å². The number of nitrogens with zero attached hydrogens (tertiary/aromatic N) is 1. The number of rotatable bonds is 2. The Balaban J connectivity index is 1.84. The maximum absolute atomic E-state index is 12.8. The average Bonchev–Trinajstić information content (AvgIpc) is 3.17. The predicted molar refractivity (Wildman–Crippen MR) is 102 cm³/mol. The Bertz CT molecular complexity index is 831. The monoisotopic (exact) mass is 353 g/mol. The van der Waals surface area contributed by atoms with Gasteiger partial charge in [-0.15, -0.1) is 0 Å². The number of methoxy groups -OCH3 is 1. The first-order valence-corrected chi connectivity index (χ1v) is 10.0. The van der Waals surface area contributed by atoms with Gasteiger partial charge in [-0.25, -0.2) is 4.79 Å². The molecule has 4 nitrogen and oxygen atoms in total. The summed E-state index contributed by atoms with van der Waals surface area (Å²) in [6.45, 7) is 4.79. The van der Waals surface area contributed by atoms with Crippen LogP contribution < -0.4 is 5.32 Å². The second-order valence-corrected chi connectivity index (χ2v) is 9.06. The number of piperidine rings is 1. The van der Waals surface area contributed by atoms with E-state index < -0.39 is 0 Å². The molecule has 5 rings (SSSR count). The second-order valence-electron chi connectivity index (χ2n) is 9.06. The summed E-state index contributed by atoms with van der Waals surface area (Å²) in [6, 6.07) is 9.26. The molecular weight excluding hydrogens is 324 g/mol. The van der Waals surface area contributed by atoms with Gasteiger partial charge in [-0.2, -0.15) is 0 Å². The Morgan fingerprint density at radius 1 is 1.31 bits per heavy atom. The summed E-state index contributed by atoms with van der Waals surface area (Å²) in [5.74, 6) is -0.141. The molecule has 1 aromatic carbocycles. The number of esters is 1. The minimum absolute atomic E-state index is 0.0520. The smallest absolute Gasteiger partial charge is 0.335 e. The highest BCUT2D eigenvalue weighted by molar-refractivity contribution is 5.93. The first-order chi connectivity index (χ1) is 12.5. The maximum Gasteiger partial charge on any atom is 0.335 e. The zero-order valence-electron chi connectivity index (χ0n) is 16.1. The van der Waals surface area contributed by atoms with Crippen molar-refractivity contribution < 1.29 is 14.0 Å². The molecule has 0 saturated carbocycles. The second kappa shape index (κ2) is 5.13. The van der Waals surface area contributed by atoms with E-state index in [1.807, 2.05) is 0 Å². The molecule has 1 spiro atoms. The van der Waals surface area contributed by atoms with Crippen LogP contribution in [0.4, 0.5) is 5.69 Å². The van der Waals surface area contributed by atoms with E-state index in [0.717, 1.165) is 35.0 Å². The van der Waals surface area contributed by atoms with Gasteiger partial charge in [0, 0.05) is 23.2 Å². The topological polar surface area (TPSA) is 38.3 Å². The average molecular weight is 353 g/mol. The number of hydrogen-bond donors (Lipinski definition) is 1. The van der Waals surface area contributed by atoms with E-state index >= 15 is 0 Å². The van der Waals surface area contributed by atoms with Gasteiger partial charge in [0.25, 0.3) is 0 Å². The molecule has 4 aliphatic rings. The normalized spacial score (nSPS) is 39.7. The van der Waals surface area contributed by atoms with Crippen LogP contribution in [0.2, 0.25) is 0 Å². The number of carbonyl (C=O) groups is 1. The maximum atomic E-state index is 12.8. The highest BCUT2D eigenvalue weighted by atomic mass is 16.5. The number of carbonyl (C=O) groups excluding carboxylic acids is 1. The van der Waals surface area contributed by atoms with Gasteiger partial charge < -0.3 is 14.5 Å². The van der Waals surface area contributed by atoms with Crippen molar-refractivity contribution in [3.05, 3.63) is 41.1 Å². The van der Waals surface area contributed by atoms with Crippen molar-refractivity contribution in [3.8, 4) is 0 Å². The number of fused-ring (bicyclic) bond motifs is 1. The number of quaternary nitrogens is 1. The summed E-state index contributed by atoms with van der Waals surface area (Å²) in [5, 5.41) is 3.68. The molecule has 138 valence electrons. The van der Waals surface area contributed by atoms with Crippen molar-refractivity contribution >= 4 is 11.7 Å². The van der Waals surface area contributed by atoms with Gasteiger partial charge in [0.2, 0.25) is 0 Å². The van der Waals surface area contributed by atoms with Gasteiger partial charge in [0.1, 0.15) is 6.04 Å². The summed E-state index contributed by atoms with van der Waals surface area (Å²) >= 11 is 0.